The highest BCUT2D eigenvalue weighted by molar-refractivity contribution is 5.15. The number of nitrogens with zero attached hydrogens (tertiary/aromatic N) is 2. The van der Waals surface area contributed by atoms with Crippen LogP contribution in [0.4, 0.5) is 0 Å². The van der Waals surface area contributed by atoms with Crippen LogP contribution in [0.3, 0.4) is 0 Å². The SMILES string of the molecule is CCC(CC)CNCCc1cnn(C)c1C. The second-order valence-electron chi connectivity index (χ2n) is 4.52. The number of aryl methyl sites for hydroxylation is 1. The van der Waals surface area contributed by atoms with Crippen molar-refractivity contribution in [3.63, 3.8) is 0 Å². The molecule has 0 spiro atoms. The third-order valence-corrected chi connectivity index (χ3v) is 3.50. The van der Waals surface area contributed by atoms with Gasteiger partial charge >= 0.3 is 0 Å². The average molecular weight is 223 g/mol. The van der Waals surface area contributed by atoms with Crippen molar-refractivity contribution in [2.75, 3.05) is 13.1 Å². The summed E-state index contributed by atoms with van der Waals surface area (Å²) in [4.78, 5) is 0. The van der Waals surface area contributed by atoms with Crippen molar-refractivity contribution in [3.8, 4) is 0 Å². The molecule has 16 heavy (non-hydrogen) atoms. The van der Waals surface area contributed by atoms with Gasteiger partial charge in [0.05, 0.1) is 6.20 Å². The first-order valence-electron chi connectivity index (χ1n) is 6.37. The third kappa shape index (κ3) is 3.63. The summed E-state index contributed by atoms with van der Waals surface area (Å²) in [6, 6.07) is 0. The first-order chi connectivity index (χ1) is 7.69. The van der Waals surface area contributed by atoms with E-state index in [9.17, 15) is 0 Å². The molecule has 0 amide bonds. The van der Waals surface area contributed by atoms with Gasteiger partial charge in [-0.2, -0.15) is 5.10 Å². The fourth-order valence-corrected chi connectivity index (χ4v) is 1.90. The molecule has 0 aromatic carbocycles. The average Bonchev–Trinajstić information content (AvgIpc) is 2.61. The van der Waals surface area contributed by atoms with Crippen LogP contribution in [0, 0.1) is 12.8 Å². The number of nitrogens with one attached hydrogen (secondary N) is 1. The molecule has 1 aromatic rings. The normalized spacial score (nSPS) is 11.3. The first kappa shape index (κ1) is 13.2. The van der Waals surface area contributed by atoms with Gasteiger partial charge in [0.25, 0.3) is 0 Å². The molecular weight excluding hydrogens is 198 g/mol. The fraction of sp³-hybridized carbons (Fsp3) is 0.769. The summed E-state index contributed by atoms with van der Waals surface area (Å²) in [5.41, 5.74) is 2.64. The zero-order valence-electron chi connectivity index (χ0n) is 11.1. The minimum atomic E-state index is 0.829. The molecule has 1 N–H and O–H groups in total. The van der Waals surface area contributed by atoms with Gasteiger partial charge < -0.3 is 5.32 Å². The predicted molar refractivity (Wildman–Crippen MR) is 68.6 cm³/mol. The molecule has 0 aliphatic carbocycles. The Morgan fingerprint density at radius 3 is 2.56 bits per heavy atom. The Kier molecular flexibility index (Phi) is 5.53. The number of hydrogen-bond acceptors (Lipinski definition) is 2. The molecule has 3 heteroatoms. The number of rotatable bonds is 7. The number of aromatic nitrogens is 2. The summed E-state index contributed by atoms with van der Waals surface area (Å²) in [6.45, 7) is 8.86. The molecule has 3 nitrogen and oxygen atoms in total. The van der Waals surface area contributed by atoms with Crippen molar-refractivity contribution >= 4 is 0 Å². The lowest BCUT2D eigenvalue weighted by Gasteiger charge is -2.12. The molecule has 0 aliphatic rings. The molecule has 1 heterocycles. The smallest absolute Gasteiger partial charge is 0.0524 e. The van der Waals surface area contributed by atoms with Crippen LogP contribution in [-0.2, 0) is 13.5 Å². The fourth-order valence-electron chi connectivity index (χ4n) is 1.90. The van der Waals surface area contributed by atoms with Gasteiger partial charge in [0.2, 0.25) is 0 Å². The molecule has 0 radical (unpaired) electrons. The van der Waals surface area contributed by atoms with Gasteiger partial charge in [-0.05, 0) is 37.9 Å². The lowest BCUT2D eigenvalue weighted by atomic mass is 10.0. The highest BCUT2D eigenvalue weighted by atomic mass is 15.3. The van der Waals surface area contributed by atoms with Gasteiger partial charge in [-0.1, -0.05) is 26.7 Å². The summed E-state index contributed by atoms with van der Waals surface area (Å²) >= 11 is 0. The Balaban J connectivity index is 2.23. The van der Waals surface area contributed by atoms with Crippen molar-refractivity contribution in [2.24, 2.45) is 13.0 Å². The molecule has 1 aromatic heterocycles. The molecule has 0 atom stereocenters. The van der Waals surface area contributed by atoms with Gasteiger partial charge in [-0.25, -0.2) is 0 Å². The van der Waals surface area contributed by atoms with Crippen molar-refractivity contribution in [2.45, 2.75) is 40.0 Å². The Morgan fingerprint density at radius 1 is 1.38 bits per heavy atom. The zero-order valence-corrected chi connectivity index (χ0v) is 11.1. The monoisotopic (exact) mass is 223 g/mol. The Hall–Kier alpha value is -0.830. The first-order valence-corrected chi connectivity index (χ1v) is 6.37. The Labute approximate surface area is 99.2 Å². The van der Waals surface area contributed by atoms with E-state index in [0.29, 0.717) is 0 Å². The van der Waals surface area contributed by atoms with Crippen LogP contribution in [0.2, 0.25) is 0 Å². The molecular formula is C13H25N3. The van der Waals surface area contributed by atoms with Gasteiger partial charge in [0.15, 0.2) is 0 Å². The van der Waals surface area contributed by atoms with Crippen molar-refractivity contribution < 1.29 is 0 Å². The van der Waals surface area contributed by atoms with E-state index in [1.54, 1.807) is 0 Å². The van der Waals surface area contributed by atoms with E-state index < -0.39 is 0 Å². The lowest BCUT2D eigenvalue weighted by Crippen LogP contribution is -2.24. The quantitative estimate of drug-likeness (QED) is 0.719. The molecule has 0 saturated carbocycles. The molecule has 0 bridgehead atoms. The summed E-state index contributed by atoms with van der Waals surface area (Å²) in [7, 11) is 2.00. The van der Waals surface area contributed by atoms with Crippen molar-refractivity contribution in [1.82, 2.24) is 15.1 Å². The standard InChI is InChI=1S/C13H25N3/c1-5-12(6-2)9-14-8-7-13-10-15-16(4)11(13)3/h10,12,14H,5-9H2,1-4H3. The molecule has 0 fully saturated rings. The minimum absolute atomic E-state index is 0.829. The molecule has 0 aliphatic heterocycles. The maximum Gasteiger partial charge on any atom is 0.0524 e. The van der Waals surface area contributed by atoms with Crippen LogP contribution in [-0.4, -0.2) is 22.9 Å². The van der Waals surface area contributed by atoms with E-state index in [1.165, 1.54) is 24.1 Å². The second kappa shape index (κ2) is 6.69. The maximum absolute atomic E-state index is 4.25. The second-order valence-corrected chi connectivity index (χ2v) is 4.52. The topological polar surface area (TPSA) is 29.9 Å². The highest BCUT2D eigenvalue weighted by Gasteiger charge is 2.04. The summed E-state index contributed by atoms with van der Waals surface area (Å²) in [6.07, 6.45) is 5.61. The Morgan fingerprint density at radius 2 is 2.06 bits per heavy atom. The van der Waals surface area contributed by atoms with Gasteiger partial charge in [0, 0.05) is 12.7 Å². The molecule has 0 unspecified atom stereocenters. The lowest BCUT2D eigenvalue weighted by molar-refractivity contribution is 0.452. The van der Waals surface area contributed by atoms with Crippen molar-refractivity contribution in [1.29, 1.82) is 0 Å². The predicted octanol–water partition coefficient (Wildman–Crippen LogP) is 2.30. The molecule has 92 valence electrons. The van der Waals surface area contributed by atoms with Crippen LogP contribution in [0.1, 0.15) is 37.9 Å². The van der Waals surface area contributed by atoms with Crippen LogP contribution >= 0.6 is 0 Å². The van der Waals surface area contributed by atoms with E-state index in [4.69, 9.17) is 0 Å². The largest absolute Gasteiger partial charge is 0.316 e. The highest BCUT2D eigenvalue weighted by Crippen LogP contribution is 2.07. The van der Waals surface area contributed by atoms with E-state index in [-0.39, 0.29) is 0 Å². The zero-order chi connectivity index (χ0) is 12.0. The van der Waals surface area contributed by atoms with Crippen LogP contribution in [0.25, 0.3) is 0 Å². The van der Waals surface area contributed by atoms with E-state index in [0.717, 1.165) is 25.4 Å². The van der Waals surface area contributed by atoms with Crippen LogP contribution < -0.4 is 5.32 Å². The summed E-state index contributed by atoms with van der Waals surface area (Å²) in [5, 5.41) is 7.79. The third-order valence-electron chi connectivity index (χ3n) is 3.50. The van der Waals surface area contributed by atoms with Gasteiger partial charge in [-0.15, -0.1) is 0 Å². The van der Waals surface area contributed by atoms with Crippen molar-refractivity contribution in [3.05, 3.63) is 17.5 Å². The minimum Gasteiger partial charge on any atom is -0.316 e. The molecule has 0 saturated heterocycles. The van der Waals surface area contributed by atoms with Crippen LogP contribution in [0.5, 0.6) is 0 Å². The van der Waals surface area contributed by atoms with Gasteiger partial charge in [-0.3, -0.25) is 4.68 Å². The molecule has 1 rings (SSSR count). The van der Waals surface area contributed by atoms with E-state index in [2.05, 4.69) is 31.2 Å². The Bertz CT molecular complexity index is 300. The van der Waals surface area contributed by atoms with E-state index >= 15 is 0 Å². The summed E-state index contributed by atoms with van der Waals surface area (Å²) in [5.74, 6) is 0.829. The summed E-state index contributed by atoms with van der Waals surface area (Å²) < 4.78 is 1.94. The van der Waals surface area contributed by atoms with Gasteiger partial charge in [0.1, 0.15) is 0 Å². The maximum atomic E-state index is 4.25. The number of hydrogen-bond donors (Lipinski definition) is 1. The van der Waals surface area contributed by atoms with Crippen LogP contribution in [0.15, 0.2) is 6.20 Å². The van der Waals surface area contributed by atoms with E-state index in [1.807, 2.05) is 17.9 Å².